The Hall–Kier alpha value is -1.23. The van der Waals surface area contributed by atoms with E-state index in [2.05, 4.69) is 0 Å². The molecule has 0 saturated heterocycles. The first kappa shape index (κ1) is 12.8. The van der Waals surface area contributed by atoms with Crippen LogP contribution in [0, 0.1) is 5.82 Å². The Bertz CT molecular complexity index is 381. The van der Waals surface area contributed by atoms with E-state index in [1.807, 2.05) is 0 Å². The van der Waals surface area contributed by atoms with Crippen LogP contribution in [0.4, 0.5) is 4.39 Å². The molecule has 1 N–H and O–H groups in total. The van der Waals surface area contributed by atoms with Gasteiger partial charge in [-0.05, 0) is 24.6 Å². The number of hydrogen-bond donors (Lipinski definition) is 1. The van der Waals surface area contributed by atoms with Crippen LogP contribution in [0.5, 0.6) is 5.75 Å². The Kier molecular flexibility index (Phi) is 4.61. The van der Waals surface area contributed by atoms with Gasteiger partial charge in [0, 0.05) is 5.75 Å². The SMILES string of the molecule is COc1ccc(CSC(C)C(=O)O)cc1F. The van der Waals surface area contributed by atoms with Gasteiger partial charge in [-0.3, -0.25) is 4.79 Å². The normalized spacial score (nSPS) is 12.2. The predicted molar refractivity (Wildman–Crippen MR) is 61.3 cm³/mol. The molecule has 0 aliphatic carbocycles. The van der Waals surface area contributed by atoms with E-state index < -0.39 is 17.0 Å². The molecule has 1 aromatic rings. The van der Waals surface area contributed by atoms with Gasteiger partial charge >= 0.3 is 5.97 Å². The van der Waals surface area contributed by atoms with Gasteiger partial charge < -0.3 is 9.84 Å². The molecule has 1 aromatic carbocycles. The standard InChI is InChI=1S/C11H13FO3S/c1-7(11(13)14)16-6-8-3-4-10(15-2)9(12)5-8/h3-5,7H,6H2,1-2H3,(H,13,14). The molecule has 0 radical (unpaired) electrons. The number of carboxylic acid groups (broad SMARTS) is 1. The lowest BCUT2D eigenvalue weighted by Gasteiger charge is -2.07. The minimum atomic E-state index is -0.862. The minimum Gasteiger partial charge on any atom is -0.494 e. The first-order valence-electron chi connectivity index (χ1n) is 4.71. The van der Waals surface area contributed by atoms with Gasteiger partial charge in [-0.2, -0.15) is 0 Å². The first-order valence-corrected chi connectivity index (χ1v) is 5.76. The molecule has 0 heterocycles. The zero-order valence-electron chi connectivity index (χ0n) is 9.07. The molecule has 16 heavy (non-hydrogen) atoms. The summed E-state index contributed by atoms with van der Waals surface area (Å²) in [5.41, 5.74) is 0.747. The number of ether oxygens (including phenoxy) is 1. The molecule has 1 unspecified atom stereocenters. The summed E-state index contributed by atoms with van der Waals surface area (Å²) in [6.45, 7) is 1.60. The summed E-state index contributed by atoms with van der Waals surface area (Å²) in [6, 6.07) is 4.63. The van der Waals surface area contributed by atoms with E-state index in [-0.39, 0.29) is 5.75 Å². The highest BCUT2D eigenvalue weighted by Crippen LogP contribution is 2.22. The van der Waals surface area contributed by atoms with Crippen LogP contribution < -0.4 is 4.74 Å². The Morgan fingerprint density at radius 2 is 2.31 bits per heavy atom. The van der Waals surface area contributed by atoms with Crippen LogP contribution in [-0.4, -0.2) is 23.4 Å². The zero-order valence-corrected chi connectivity index (χ0v) is 9.88. The van der Waals surface area contributed by atoms with Crippen LogP contribution in [0.15, 0.2) is 18.2 Å². The van der Waals surface area contributed by atoms with E-state index in [9.17, 15) is 9.18 Å². The largest absolute Gasteiger partial charge is 0.494 e. The van der Waals surface area contributed by atoms with Gasteiger partial charge in [-0.25, -0.2) is 4.39 Å². The van der Waals surface area contributed by atoms with E-state index in [0.29, 0.717) is 5.75 Å². The average molecular weight is 244 g/mol. The van der Waals surface area contributed by atoms with Crippen LogP contribution in [-0.2, 0) is 10.5 Å². The summed E-state index contributed by atoms with van der Waals surface area (Å²) in [4.78, 5) is 10.6. The van der Waals surface area contributed by atoms with E-state index in [4.69, 9.17) is 9.84 Å². The van der Waals surface area contributed by atoms with Gasteiger partial charge in [0.15, 0.2) is 11.6 Å². The second kappa shape index (κ2) is 5.75. The fourth-order valence-corrected chi connectivity index (χ4v) is 1.86. The van der Waals surface area contributed by atoms with E-state index >= 15 is 0 Å². The topological polar surface area (TPSA) is 46.5 Å². The Labute approximate surface area is 97.6 Å². The molecule has 0 saturated carbocycles. The van der Waals surface area contributed by atoms with Crippen LogP contribution in [0.3, 0.4) is 0 Å². The number of rotatable bonds is 5. The lowest BCUT2D eigenvalue weighted by Crippen LogP contribution is -2.11. The molecule has 1 atom stereocenters. The summed E-state index contributed by atoms with van der Waals surface area (Å²) in [6.07, 6.45) is 0. The quantitative estimate of drug-likeness (QED) is 0.864. The van der Waals surface area contributed by atoms with E-state index in [0.717, 1.165) is 5.56 Å². The van der Waals surface area contributed by atoms with Crippen molar-refractivity contribution in [3.8, 4) is 5.75 Å². The third kappa shape index (κ3) is 3.41. The maximum atomic E-state index is 13.3. The maximum absolute atomic E-state index is 13.3. The summed E-state index contributed by atoms with van der Waals surface area (Å²) in [7, 11) is 1.40. The van der Waals surface area contributed by atoms with Crippen molar-refractivity contribution in [1.29, 1.82) is 0 Å². The van der Waals surface area contributed by atoms with Gasteiger partial charge in [0.25, 0.3) is 0 Å². The van der Waals surface area contributed by atoms with Gasteiger partial charge in [0.1, 0.15) is 0 Å². The van der Waals surface area contributed by atoms with Crippen molar-refractivity contribution in [3.63, 3.8) is 0 Å². The molecule has 3 nitrogen and oxygen atoms in total. The first-order chi connectivity index (χ1) is 7.54. The second-order valence-electron chi connectivity index (χ2n) is 3.26. The minimum absolute atomic E-state index is 0.194. The monoisotopic (exact) mass is 244 g/mol. The molecule has 0 fully saturated rings. The number of benzene rings is 1. The number of halogens is 1. The molecule has 0 amide bonds. The van der Waals surface area contributed by atoms with Crippen molar-refractivity contribution in [2.24, 2.45) is 0 Å². The highest BCUT2D eigenvalue weighted by molar-refractivity contribution is 7.99. The van der Waals surface area contributed by atoms with Gasteiger partial charge in [-0.15, -0.1) is 11.8 Å². The van der Waals surface area contributed by atoms with E-state index in [1.54, 1.807) is 13.0 Å². The molecule has 88 valence electrons. The molecule has 5 heteroatoms. The number of thioether (sulfide) groups is 1. The summed E-state index contributed by atoms with van der Waals surface area (Å²) in [5, 5.41) is 8.19. The predicted octanol–water partition coefficient (Wildman–Crippen LogP) is 2.54. The molecular weight excluding hydrogens is 231 g/mol. The third-order valence-electron chi connectivity index (χ3n) is 2.06. The van der Waals surface area contributed by atoms with Crippen LogP contribution >= 0.6 is 11.8 Å². The number of methoxy groups -OCH3 is 1. The Balaban J connectivity index is 2.62. The highest BCUT2D eigenvalue weighted by atomic mass is 32.2. The van der Waals surface area contributed by atoms with Crippen molar-refractivity contribution in [2.45, 2.75) is 17.9 Å². The third-order valence-corrected chi connectivity index (χ3v) is 3.27. The number of carboxylic acids is 1. The Morgan fingerprint density at radius 1 is 1.62 bits per heavy atom. The van der Waals surface area contributed by atoms with Crippen LogP contribution in [0.25, 0.3) is 0 Å². The average Bonchev–Trinajstić information content (AvgIpc) is 2.25. The molecule has 0 bridgehead atoms. The van der Waals surface area contributed by atoms with Gasteiger partial charge in [-0.1, -0.05) is 6.07 Å². The van der Waals surface area contributed by atoms with Crippen molar-refractivity contribution in [2.75, 3.05) is 7.11 Å². The summed E-state index contributed by atoms with van der Waals surface area (Å²) >= 11 is 1.25. The molecular formula is C11H13FO3S. The van der Waals surface area contributed by atoms with Gasteiger partial charge in [0.05, 0.1) is 12.4 Å². The number of hydrogen-bond acceptors (Lipinski definition) is 3. The van der Waals surface area contributed by atoms with Crippen molar-refractivity contribution in [3.05, 3.63) is 29.6 Å². The summed E-state index contributed by atoms with van der Waals surface area (Å²) in [5.74, 6) is -0.628. The molecule has 0 aliphatic heterocycles. The smallest absolute Gasteiger partial charge is 0.316 e. The number of aliphatic carboxylic acids is 1. The number of carbonyl (C=O) groups is 1. The van der Waals surface area contributed by atoms with Crippen LogP contribution in [0.1, 0.15) is 12.5 Å². The second-order valence-corrected chi connectivity index (χ2v) is 4.59. The lowest BCUT2D eigenvalue weighted by molar-refractivity contribution is -0.136. The fraction of sp³-hybridized carbons (Fsp3) is 0.364. The van der Waals surface area contributed by atoms with Crippen molar-refractivity contribution >= 4 is 17.7 Å². The summed E-state index contributed by atoms with van der Waals surface area (Å²) < 4.78 is 18.1. The fourth-order valence-electron chi connectivity index (χ4n) is 1.09. The molecule has 1 rings (SSSR count). The maximum Gasteiger partial charge on any atom is 0.316 e. The van der Waals surface area contributed by atoms with Crippen molar-refractivity contribution < 1.29 is 19.0 Å². The van der Waals surface area contributed by atoms with Crippen LogP contribution in [0.2, 0.25) is 0 Å². The van der Waals surface area contributed by atoms with E-state index in [1.165, 1.54) is 31.0 Å². The zero-order chi connectivity index (χ0) is 12.1. The molecule has 0 aliphatic rings. The molecule has 0 spiro atoms. The lowest BCUT2D eigenvalue weighted by atomic mass is 10.2. The van der Waals surface area contributed by atoms with Gasteiger partial charge in [0.2, 0.25) is 0 Å². The van der Waals surface area contributed by atoms with Crippen molar-refractivity contribution in [1.82, 2.24) is 0 Å². The Morgan fingerprint density at radius 3 is 2.81 bits per heavy atom. The highest BCUT2D eigenvalue weighted by Gasteiger charge is 2.11. The molecule has 0 aromatic heterocycles.